The van der Waals surface area contributed by atoms with Crippen LogP contribution in [0.5, 0.6) is 5.75 Å². The number of benzene rings is 2. The van der Waals surface area contributed by atoms with Crippen molar-refractivity contribution in [2.45, 2.75) is 6.92 Å². The van der Waals surface area contributed by atoms with E-state index in [0.717, 1.165) is 0 Å². The predicted molar refractivity (Wildman–Crippen MR) is 94.1 cm³/mol. The third-order valence-electron chi connectivity index (χ3n) is 3.04. The number of hydrogen-bond donors (Lipinski definition) is 2. The number of nitro groups is 1. The van der Waals surface area contributed by atoms with Crippen molar-refractivity contribution < 1.29 is 14.5 Å². The first-order valence-electron chi connectivity index (χ1n) is 6.99. The molecule has 2 aromatic rings. The Morgan fingerprint density at radius 2 is 1.96 bits per heavy atom. The molecule has 0 radical (unpaired) electrons. The molecule has 0 saturated carbocycles. The molecule has 0 aliphatic rings. The van der Waals surface area contributed by atoms with Crippen molar-refractivity contribution in [1.82, 2.24) is 5.32 Å². The molecule has 0 fully saturated rings. The summed E-state index contributed by atoms with van der Waals surface area (Å²) in [5.41, 5.74) is 1.21. The summed E-state index contributed by atoms with van der Waals surface area (Å²) < 4.78 is 5.31. The molecule has 2 N–H and O–H groups in total. The van der Waals surface area contributed by atoms with Gasteiger partial charge in [0.15, 0.2) is 11.7 Å². The summed E-state index contributed by atoms with van der Waals surface area (Å²) in [4.78, 5) is 22.0. The Morgan fingerprint density at radius 3 is 2.58 bits per heavy atom. The van der Waals surface area contributed by atoms with E-state index in [1.807, 2.05) is 6.07 Å². The molecule has 0 heterocycles. The number of aryl methyl sites for hydroxylation is 1. The second kappa shape index (κ2) is 8.02. The number of para-hydroxylation sites is 1. The zero-order chi connectivity index (χ0) is 17.5. The molecule has 8 heteroatoms. The number of carbonyl (C=O) groups is 1. The number of ether oxygens (including phenoxy) is 1. The van der Waals surface area contributed by atoms with Crippen molar-refractivity contribution in [3.8, 4) is 5.75 Å². The molecule has 124 valence electrons. The molecule has 0 atom stereocenters. The number of hydrogen-bond acceptors (Lipinski definition) is 5. The number of nitrogens with one attached hydrogen (secondary N) is 2. The quantitative estimate of drug-likeness (QED) is 0.492. The van der Waals surface area contributed by atoms with Crippen molar-refractivity contribution in [2.75, 3.05) is 11.9 Å². The summed E-state index contributed by atoms with van der Waals surface area (Å²) in [6.07, 6.45) is 0. The van der Waals surface area contributed by atoms with Gasteiger partial charge in [0.25, 0.3) is 11.6 Å². The Bertz CT molecular complexity index is 765. The average Bonchev–Trinajstić information content (AvgIpc) is 2.55. The minimum absolute atomic E-state index is 0.00994. The van der Waals surface area contributed by atoms with E-state index in [-0.39, 0.29) is 17.4 Å². The molecule has 24 heavy (non-hydrogen) atoms. The SMILES string of the molecule is Cc1cc([N+](=O)[O-])ccc1NC(=S)NC(=O)COc1ccccc1. The average molecular weight is 345 g/mol. The highest BCUT2D eigenvalue weighted by Crippen LogP contribution is 2.21. The van der Waals surface area contributed by atoms with E-state index in [2.05, 4.69) is 10.6 Å². The molecule has 0 saturated heterocycles. The van der Waals surface area contributed by atoms with E-state index in [1.165, 1.54) is 18.2 Å². The van der Waals surface area contributed by atoms with Gasteiger partial charge in [-0.05, 0) is 42.9 Å². The molecule has 1 amide bonds. The third kappa shape index (κ3) is 5.03. The number of thiocarbonyl (C=S) groups is 1. The third-order valence-corrected chi connectivity index (χ3v) is 3.24. The van der Waals surface area contributed by atoms with Crippen molar-refractivity contribution in [2.24, 2.45) is 0 Å². The van der Waals surface area contributed by atoms with Gasteiger partial charge in [0.05, 0.1) is 4.92 Å². The molecule has 0 spiro atoms. The highest BCUT2D eigenvalue weighted by Gasteiger charge is 2.10. The summed E-state index contributed by atoms with van der Waals surface area (Å²) in [7, 11) is 0. The number of amides is 1. The fourth-order valence-electron chi connectivity index (χ4n) is 1.88. The maximum Gasteiger partial charge on any atom is 0.269 e. The monoisotopic (exact) mass is 345 g/mol. The molecule has 0 aliphatic carbocycles. The normalized spacial score (nSPS) is 9.88. The van der Waals surface area contributed by atoms with Gasteiger partial charge in [-0.15, -0.1) is 0 Å². The van der Waals surface area contributed by atoms with Gasteiger partial charge in [0, 0.05) is 17.8 Å². The smallest absolute Gasteiger partial charge is 0.269 e. The van der Waals surface area contributed by atoms with E-state index >= 15 is 0 Å². The first-order chi connectivity index (χ1) is 11.5. The second-order valence-electron chi connectivity index (χ2n) is 4.86. The van der Waals surface area contributed by atoms with Crippen LogP contribution in [0.4, 0.5) is 11.4 Å². The fraction of sp³-hybridized carbons (Fsp3) is 0.125. The Labute approximate surface area is 143 Å². The largest absolute Gasteiger partial charge is 0.484 e. The number of non-ortho nitro benzene ring substituents is 1. The Kier molecular flexibility index (Phi) is 5.80. The van der Waals surface area contributed by atoms with Crippen LogP contribution in [0.2, 0.25) is 0 Å². The van der Waals surface area contributed by atoms with E-state index in [1.54, 1.807) is 31.2 Å². The van der Waals surface area contributed by atoms with Crippen molar-refractivity contribution in [3.05, 3.63) is 64.2 Å². The summed E-state index contributed by atoms with van der Waals surface area (Å²) >= 11 is 5.05. The number of nitrogens with zero attached hydrogens (tertiary/aromatic N) is 1. The molecule has 2 rings (SSSR count). The van der Waals surface area contributed by atoms with Crippen LogP contribution in [-0.2, 0) is 4.79 Å². The summed E-state index contributed by atoms with van der Waals surface area (Å²) in [6, 6.07) is 13.2. The van der Waals surface area contributed by atoms with Gasteiger partial charge in [0.2, 0.25) is 0 Å². The molecule has 0 unspecified atom stereocenters. The van der Waals surface area contributed by atoms with Gasteiger partial charge < -0.3 is 10.1 Å². The van der Waals surface area contributed by atoms with Crippen LogP contribution in [0.3, 0.4) is 0 Å². The van der Waals surface area contributed by atoms with Crippen LogP contribution >= 0.6 is 12.2 Å². The Hall–Kier alpha value is -3.00. The van der Waals surface area contributed by atoms with Gasteiger partial charge in [0.1, 0.15) is 5.75 Å². The molecular weight excluding hydrogens is 330 g/mol. The summed E-state index contributed by atoms with van der Waals surface area (Å²) in [6.45, 7) is 1.53. The molecular formula is C16H15N3O4S. The molecule has 0 aliphatic heterocycles. The van der Waals surface area contributed by atoms with Crippen molar-refractivity contribution in [1.29, 1.82) is 0 Å². The zero-order valence-electron chi connectivity index (χ0n) is 12.8. The van der Waals surface area contributed by atoms with Crippen LogP contribution in [0.15, 0.2) is 48.5 Å². The van der Waals surface area contributed by atoms with Gasteiger partial charge in [-0.1, -0.05) is 18.2 Å². The lowest BCUT2D eigenvalue weighted by Crippen LogP contribution is -2.37. The maximum absolute atomic E-state index is 11.8. The highest BCUT2D eigenvalue weighted by atomic mass is 32.1. The number of carbonyl (C=O) groups excluding carboxylic acids is 1. The van der Waals surface area contributed by atoms with E-state index in [4.69, 9.17) is 17.0 Å². The topological polar surface area (TPSA) is 93.5 Å². The van der Waals surface area contributed by atoms with E-state index in [9.17, 15) is 14.9 Å². The standard InChI is InChI=1S/C16H15N3O4S/c1-11-9-12(19(21)22)7-8-14(11)17-16(24)18-15(20)10-23-13-5-3-2-4-6-13/h2-9H,10H2,1H3,(H2,17,18,20,24). The first kappa shape index (κ1) is 17.4. The van der Waals surface area contributed by atoms with Crippen LogP contribution < -0.4 is 15.4 Å². The Morgan fingerprint density at radius 1 is 1.25 bits per heavy atom. The molecule has 0 bridgehead atoms. The minimum Gasteiger partial charge on any atom is -0.484 e. The fourth-order valence-corrected chi connectivity index (χ4v) is 2.11. The Balaban J connectivity index is 1.86. The molecule has 2 aromatic carbocycles. The maximum atomic E-state index is 11.8. The van der Waals surface area contributed by atoms with E-state index < -0.39 is 10.8 Å². The number of rotatable bonds is 5. The van der Waals surface area contributed by atoms with Gasteiger partial charge in [-0.3, -0.25) is 20.2 Å². The van der Waals surface area contributed by atoms with Crippen LogP contribution in [0.25, 0.3) is 0 Å². The second-order valence-corrected chi connectivity index (χ2v) is 5.27. The van der Waals surface area contributed by atoms with Crippen molar-refractivity contribution >= 4 is 34.6 Å². The van der Waals surface area contributed by atoms with Crippen LogP contribution in [0.1, 0.15) is 5.56 Å². The minimum atomic E-state index is -0.474. The predicted octanol–water partition coefficient (Wildman–Crippen LogP) is 2.80. The first-order valence-corrected chi connectivity index (χ1v) is 7.40. The lowest BCUT2D eigenvalue weighted by Gasteiger charge is -2.12. The lowest BCUT2D eigenvalue weighted by atomic mass is 10.2. The van der Waals surface area contributed by atoms with Gasteiger partial charge in [-0.25, -0.2) is 0 Å². The van der Waals surface area contributed by atoms with Gasteiger partial charge in [-0.2, -0.15) is 0 Å². The van der Waals surface area contributed by atoms with Crippen LogP contribution in [0, 0.1) is 17.0 Å². The zero-order valence-corrected chi connectivity index (χ0v) is 13.6. The van der Waals surface area contributed by atoms with Crippen LogP contribution in [-0.4, -0.2) is 22.5 Å². The van der Waals surface area contributed by atoms with E-state index in [0.29, 0.717) is 17.0 Å². The summed E-state index contributed by atoms with van der Waals surface area (Å²) in [5, 5.41) is 16.1. The molecule has 7 nitrogen and oxygen atoms in total. The molecule has 0 aromatic heterocycles. The van der Waals surface area contributed by atoms with Gasteiger partial charge >= 0.3 is 0 Å². The summed E-state index contributed by atoms with van der Waals surface area (Å²) in [5.74, 6) is 0.175. The lowest BCUT2D eigenvalue weighted by molar-refractivity contribution is -0.384. The number of nitro benzene ring substituents is 1. The number of anilines is 1. The highest BCUT2D eigenvalue weighted by molar-refractivity contribution is 7.80. The van der Waals surface area contributed by atoms with Crippen molar-refractivity contribution in [3.63, 3.8) is 0 Å².